The highest BCUT2D eigenvalue weighted by atomic mass is 16.5. The second-order valence-electron chi connectivity index (χ2n) is 7.47. The summed E-state index contributed by atoms with van der Waals surface area (Å²) in [6.07, 6.45) is 6.70. The monoisotopic (exact) mass is 341 g/mol. The number of amides is 1. The molecule has 2 heterocycles. The number of nitrogens with zero attached hydrogens (tertiary/aromatic N) is 2. The van der Waals surface area contributed by atoms with Crippen LogP contribution in [0.2, 0.25) is 0 Å². The van der Waals surface area contributed by atoms with E-state index >= 15 is 0 Å². The highest BCUT2D eigenvalue weighted by Crippen LogP contribution is 2.37. The minimum atomic E-state index is 0.185. The minimum Gasteiger partial charge on any atom is -0.371 e. The largest absolute Gasteiger partial charge is 0.371 e. The summed E-state index contributed by atoms with van der Waals surface area (Å²) in [5.74, 6) is 0.845. The molecule has 1 saturated heterocycles. The Morgan fingerprint density at radius 3 is 2.96 bits per heavy atom. The van der Waals surface area contributed by atoms with Gasteiger partial charge < -0.3 is 9.64 Å². The molecule has 1 amide bonds. The SMILES string of the molecule is CCCC[C@@H]1CN(C(=O)Cc2[nH]nc3ccccc23)C[C@H](C2CC2)O1. The number of fused-ring (bicyclic) bond motifs is 1. The van der Waals surface area contributed by atoms with E-state index in [2.05, 4.69) is 17.1 Å². The summed E-state index contributed by atoms with van der Waals surface area (Å²) in [7, 11) is 0. The van der Waals surface area contributed by atoms with Crippen LogP contribution in [0, 0.1) is 5.92 Å². The maximum Gasteiger partial charge on any atom is 0.228 e. The van der Waals surface area contributed by atoms with Crippen molar-refractivity contribution in [2.75, 3.05) is 13.1 Å². The van der Waals surface area contributed by atoms with E-state index < -0.39 is 0 Å². The fourth-order valence-corrected chi connectivity index (χ4v) is 3.81. The summed E-state index contributed by atoms with van der Waals surface area (Å²) in [5, 5.41) is 8.40. The molecule has 5 heteroatoms. The molecule has 1 N–H and O–H groups in total. The Labute approximate surface area is 148 Å². The lowest BCUT2D eigenvalue weighted by Crippen LogP contribution is -2.51. The van der Waals surface area contributed by atoms with Crippen molar-refractivity contribution >= 4 is 16.8 Å². The number of H-pyrrole nitrogens is 1. The molecule has 0 unspecified atom stereocenters. The van der Waals surface area contributed by atoms with E-state index in [-0.39, 0.29) is 18.1 Å². The van der Waals surface area contributed by atoms with Gasteiger partial charge in [0.05, 0.1) is 29.8 Å². The number of para-hydroxylation sites is 1. The molecule has 0 bridgehead atoms. The third kappa shape index (κ3) is 3.71. The van der Waals surface area contributed by atoms with Gasteiger partial charge in [-0.2, -0.15) is 5.10 Å². The molecular formula is C20H27N3O2. The Bertz CT molecular complexity index is 737. The van der Waals surface area contributed by atoms with E-state index in [9.17, 15) is 4.79 Å². The normalized spacial score (nSPS) is 24.0. The first-order valence-corrected chi connectivity index (χ1v) is 9.59. The van der Waals surface area contributed by atoms with Crippen LogP contribution < -0.4 is 0 Å². The third-order valence-corrected chi connectivity index (χ3v) is 5.44. The summed E-state index contributed by atoms with van der Waals surface area (Å²) in [4.78, 5) is 15.0. The lowest BCUT2D eigenvalue weighted by molar-refractivity contribution is -0.147. The van der Waals surface area contributed by atoms with E-state index in [1.165, 1.54) is 19.3 Å². The standard InChI is InChI=1S/C20H27N3O2/c1-2-3-6-15-12-23(13-19(25-15)14-9-10-14)20(24)11-18-16-7-4-5-8-17(16)21-22-18/h4-5,7-8,14-15,19H,2-3,6,9-13H2,1H3,(H,21,22)/t15-,19-/m1/s1. The molecule has 1 aliphatic heterocycles. The Kier molecular flexibility index (Phi) is 4.75. The lowest BCUT2D eigenvalue weighted by Gasteiger charge is -2.38. The lowest BCUT2D eigenvalue weighted by atomic mass is 10.1. The quantitative estimate of drug-likeness (QED) is 0.877. The Balaban J connectivity index is 1.45. The van der Waals surface area contributed by atoms with Crippen molar-refractivity contribution in [2.24, 2.45) is 5.92 Å². The number of unbranched alkanes of at least 4 members (excludes halogenated alkanes) is 1. The van der Waals surface area contributed by atoms with Gasteiger partial charge in [-0.25, -0.2) is 0 Å². The van der Waals surface area contributed by atoms with Gasteiger partial charge in [0.1, 0.15) is 0 Å². The Morgan fingerprint density at radius 2 is 2.16 bits per heavy atom. The number of aromatic amines is 1. The zero-order chi connectivity index (χ0) is 17.2. The number of carbonyl (C=O) groups excluding carboxylic acids is 1. The number of carbonyl (C=O) groups is 1. The predicted octanol–water partition coefficient (Wildman–Crippen LogP) is 3.30. The number of rotatable bonds is 6. The first-order chi connectivity index (χ1) is 12.2. The van der Waals surface area contributed by atoms with E-state index in [4.69, 9.17) is 4.74 Å². The second kappa shape index (κ2) is 7.16. The zero-order valence-electron chi connectivity index (χ0n) is 14.9. The minimum absolute atomic E-state index is 0.185. The molecule has 2 aromatic rings. The molecule has 134 valence electrons. The van der Waals surface area contributed by atoms with Gasteiger partial charge in [-0.15, -0.1) is 0 Å². The summed E-state index contributed by atoms with van der Waals surface area (Å²) in [6.45, 7) is 3.68. The average Bonchev–Trinajstić information content (AvgIpc) is 3.42. The molecule has 2 fully saturated rings. The van der Waals surface area contributed by atoms with E-state index in [1.54, 1.807) is 0 Å². The van der Waals surface area contributed by atoms with Crippen molar-refractivity contribution in [1.82, 2.24) is 15.1 Å². The van der Waals surface area contributed by atoms with Crippen molar-refractivity contribution < 1.29 is 9.53 Å². The molecule has 1 aliphatic carbocycles. The van der Waals surface area contributed by atoms with E-state index in [0.717, 1.165) is 42.5 Å². The maximum atomic E-state index is 12.9. The summed E-state index contributed by atoms with van der Waals surface area (Å²) < 4.78 is 6.28. The van der Waals surface area contributed by atoms with Gasteiger partial charge in [0, 0.05) is 18.5 Å². The molecule has 25 heavy (non-hydrogen) atoms. The van der Waals surface area contributed by atoms with Gasteiger partial charge in [-0.3, -0.25) is 9.89 Å². The number of ether oxygens (including phenoxy) is 1. The molecule has 1 saturated carbocycles. The van der Waals surface area contributed by atoms with Gasteiger partial charge >= 0.3 is 0 Å². The highest BCUT2D eigenvalue weighted by molar-refractivity contribution is 5.87. The number of hydrogen-bond donors (Lipinski definition) is 1. The van der Waals surface area contributed by atoms with E-state index in [1.807, 2.05) is 29.2 Å². The molecule has 4 rings (SSSR count). The molecule has 0 radical (unpaired) electrons. The first-order valence-electron chi connectivity index (χ1n) is 9.59. The fraction of sp³-hybridized carbons (Fsp3) is 0.600. The third-order valence-electron chi connectivity index (χ3n) is 5.44. The van der Waals surface area contributed by atoms with Gasteiger partial charge in [-0.1, -0.05) is 38.0 Å². The van der Waals surface area contributed by atoms with Crippen LogP contribution in [0.3, 0.4) is 0 Å². The van der Waals surface area contributed by atoms with Crippen molar-refractivity contribution in [3.63, 3.8) is 0 Å². The molecule has 1 aromatic carbocycles. The average molecular weight is 341 g/mol. The predicted molar refractivity (Wildman–Crippen MR) is 97.3 cm³/mol. The van der Waals surface area contributed by atoms with Gasteiger partial charge in [-0.05, 0) is 31.2 Å². The van der Waals surface area contributed by atoms with Crippen molar-refractivity contribution in [2.45, 2.75) is 57.7 Å². The van der Waals surface area contributed by atoms with Crippen LogP contribution in [-0.2, 0) is 16.0 Å². The Hall–Kier alpha value is -1.88. The van der Waals surface area contributed by atoms with Crippen molar-refractivity contribution in [1.29, 1.82) is 0 Å². The molecule has 2 aliphatic rings. The van der Waals surface area contributed by atoms with Gasteiger partial charge in [0.25, 0.3) is 0 Å². The zero-order valence-corrected chi connectivity index (χ0v) is 14.9. The first kappa shape index (κ1) is 16.6. The van der Waals surface area contributed by atoms with Crippen LogP contribution in [0.25, 0.3) is 10.9 Å². The summed E-state index contributed by atoms with van der Waals surface area (Å²) in [6, 6.07) is 7.95. The van der Waals surface area contributed by atoms with Crippen LogP contribution in [0.5, 0.6) is 0 Å². The van der Waals surface area contributed by atoms with Crippen molar-refractivity contribution in [3.8, 4) is 0 Å². The van der Waals surface area contributed by atoms with Crippen molar-refractivity contribution in [3.05, 3.63) is 30.0 Å². The number of morpholine rings is 1. The molecule has 0 spiro atoms. The van der Waals surface area contributed by atoms with Crippen LogP contribution in [-0.4, -0.2) is 46.3 Å². The number of nitrogens with one attached hydrogen (secondary N) is 1. The summed E-state index contributed by atoms with van der Waals surface area (Å²) in [5.41, 5.74) is 1.84. The van der Waals surface area contributed by atoms with Gasteiger partial charge in [0.15, 0.2) is 0 Å². The molecule has 1 aromatic heterocycles. The highest BCUT2D eigenvalue weighted by Gasteiger charge is 2.39. The fourth-order valence-electron chi connectivity index (χ4n) is 3.81. The number of hydrogen-bond acceptors (Lipinski definition) is 3. The molecular weight excluding hydrogens is 314 g/mol. The van der Waals surface area contributed by atoms with Crippen LogP contribution in [0.15, 0.2) is 24.3 Å². The maximum absolute atomic E-state index is 12.9. The summed E-state index contributed by atoms with van der Waals surface area (Å²) >= 11 is 0. The number of aromatic nitrogens is 2. The second-order valence-corrected chi connectivity index (χ2v) is 7.47. The number of benzene rings is 1. The smallest absolute Gasteiger partial charge is 0.228 e. The molecule has 2 atom stereocenters. The van der Waals surface area contributed by atoms with Gasteiger partial charge in [0.2, 0.25) is 5.91 Å². The molecule has 5 nitrogen and oxygen atoms in total. The topological polar surface area (TPSA) is 58.2 Å². The van der Waals surface area contributed by atoms with Crippen LogP contribution >= 0.6 is 0 Å². The Morgan fingerprint density at radius 1 is 1.32 bits per heavy atom. The van der Waals surface area contributed by atoms with E-state index in [0.29, 0.717) is 12.3 Å². The van der Waals surface area contributed by atoms with Crippen LogP contribution in [0.1, 0.15) is 44.7 Å². The van der Waals surface area contributed by atoms with Crippen LogP contribution in [0.4, 0.5) is 0 Å².